The average molecular weight is 451 g/mol. The molecule has 33 heavy (non-hydrogen) atoms. The first kappa shape index (κ1) is 22.3. The zero-order chi connectivity index (χ0) is 23.4. The molecule has 1 aliphatic rings. The Kier molecular flexibility index (Phi) is 6.55. The van der Waals surface area contributed by atoms with Crippen LogP contribution in [-0.2, 0) is 14.4 Å². The molecule has 2 aromatic heterocycles. The molecule has 0 spiro atoms. The number of carboxylic acid groups (broad SMARTS) is 2. The number of H-pyrrole nitrogens is 1. The van der Waals surface area contributed by atoms with Crippen LogP contribution in [0.5, 0.6) is 0 Å². The van der Waals surface area contributed by atoms with Gasteiger partial charge in [0, 0.05) is 67.1 Å². The van der Waals surface area contributed by atoms with Crippen molar-refractivity contribution in [2.24, 2.45) is 0 Å². The van der Waals surface area contributed by atoms with Gasteiger partial charge < -0.3 is 25.4 Å². The molecule has 0 bridgehead atoms. The number of fused-ring (bicyclic) bond motifs is 1. The van der Waals surface area contributed by atoms with Gasteiger partial charge in [0.05, 0.1) is 6.42 Å². The number of pyridine rings is 1. The highest BCUT2D eigenvalue weighted by atomic mass is 16.4. The zero-order valence-electron chi connectivity index (χ0n) is 17.9. The Morgan fingerprint density at radius 2 is 1.85 bits per heavy atom. The molecule has 172 valence electrons. The van der Waals surface area contributed by atoms with Gasteiger partial charge in [-0.3, -0.25) is 19.3 Å². The number of nitrogens with zero attached hydrogens (tertiary/aromatic N) is 3. The highest BCUT2D eigenvalue weighted by Crippen LogP contribution is 2.31. The molecule has 3 aromatic rings. The third-order valence-electron chi connectivity index (χ3n) is 5.74. The molecular formula is C23H25N5O5. The number of aromatic amines is 1. The summed E-state index contributed by atoms with van der Waals surface area (Å²) < 4.78 is 0. The summed E-state index contributed by atoms with van der Waals surface area (Å²) in [4.78, 5) is 46.6. The summed E-state index contributed by atoms with van der Waals surface area (Å²) >= 11 is 0. The van der Waals surface area contributed by atoms with Crippen molar-refractivity contribution in [1.82, 2.24) is 14.9 Å². The van der Waals surface area contributed by atoms with Crippen LogP contribution >= 0.6 is 0 Å². The van der Waals surface area contributed by atoms with Crippen LogP contribution in [0.4, 0.5) is 11.5 Å². The van der Waals surface area contributed by atoms with E-state index >= 15 is 0 Å². The number of aliphatic carboxylic acids is 2. The molecule has 4 rings (SSSR count). The predicted molar refractivity (Wildman–Crippen MR) is 122 cm³/mol. The quantitative estimate of drug-likeness (QED) is 0.409. The number of piperazine rings is 1. The van der Waals surface area contributed by atoms with Gasteiger partial charge in [-0.25, -0.2) is 4.98 Å². The average Bonchev–Trinajstić information content (AvgIpc) is 3.21. The number of anilines is 2. The summed E-state index contributed by atoms with van der Waals surface area (Å²) in [7, 11) is 0. The van der Waals surface area contributed by atoms with Gasteiger partial charge in [-0.2, -0.15) is 0 Å². The van der Waals surface area contributed by atoms with Gasteiger partial charge >= 0.3 is 11.9 Å². The van der Waals surface area contributed by atoms with Gasteiger partial charge in [0.2, 0.25) is 5.91 Å². The fourth-order valence-corrected chi connectivity index (χ4v) is 4.13. The second-order valence-corrected chi connectivity index (χ2v) is 7.90. The number of hydrogen-bond donors (Lipinski definition) is 4. The third-order valence-corrected chi connectivity index (χ3v) is 5.74. The summed E-state index contributed by atoms with van der Waals surface area (Å²) in [6, 6.07) is 10.1. The van der Waals surface area contributed by atoms with Crippen LogP contribution in [0.3, 0.4) is 0 Å². The maximum absolute atomic E-state index is 12.3. The Bertz CT molecular complexity index is 1150. The number of nitrogens with one attached hydrogen (secondary N) is 2. The minimum absolute atomic E-state index is 0.133. The van der Waals surface area contributed by atoms with Crippen molar-refractivity contribution in [2.45, 2.75) is 18.9 Å². The van der Waals surface area contributed by atoms with Crippen LogP contribution in [0.15, 0.2) is 48.8 Å². The highest BCUT2D eigenvalue weighted by Gasteiger charge is 2.32. The van der Waals surface area contributed by atoms with Gasteiger partial charge in [0.1, 0.15) is 11.9 Å². The number of amides is 1. The number of carbonyl (C=O) groups is 3. The third kappa shape index (κ3) is 5.12. The van der Waals surface area contributed by atoms with E-state index in [2.05, 4.69) is 20.2 Å². The van der Waals surface area contributed by atoms with Crippen molar-refractivity contribution >= 4 is 40.3 Å². The van der Waals surface area contributed by atoms with Gasteiger partial charge in [-0.15, -0.1) is 0 Å². The first-order valence-electron chi connectivity index (χ1n) is 10.7. The van der Waals surface area contributed by atoms with Crippen LogP contribution in [0, 0.1) is 0 Å². The Morgan fingerprint density at radius 3 is 2.52 bits per heavy atom. The topological polar surface area (TPSA) is 139 Å². The highest BCUT2D eigenvalue weighted by molar-refractivity contribution is 5.96. The molecule has 1 aromatic carbocycles. The molecule has 1 atom stereocenters. The van der Waals surface area contributed by atoms with E-state index in [1.807, 2.05) is 23.1 Å². The van der Waals surface area contributed by atoms with E-state index in [0.717, 1.165) is 11.3 Å². The molecule has 0 unspecified atom stereocenters. The summed E-state index contributed by atoms with van der Waals surface area (Å²) in [5.74, 6) is -1.52. The number of carbonyl (C=O) groups excluding carboxylic acids is 1. The lowest BCUT2D eigenvalue weighted by Gasteiger charge is -2.38. The summed E-state index contributed by atoms with van der Waals surface area (Å²) in [5.41, 5.74) is 1.86. The largest absolute Gasteiger partial charge is 0.481 e. The fourth-order valence-electron chi connectivity index (χ4n) is 4.13. The minimum Gasteiger partial charge on any atom is -0.481 e. The van der Waals surface area contributed by atoms with Crippen molar-refractivity contribution in [1.29, 1.82) is 0 Å². The van der Waals surface area contributed by atoms with Crippen LogP contribution in [0.2, 0.25) is 0 Å². The van der Waals surface area contributed by atoms with Crippen LogP contribution < -0.4 is 10.2 Å². The fraction of sp³-hybridized carbons (Fsp3) is 0.304. The number of rotatable bonds is 8. The molecule has 0 saturated carbocycles. The molecular weight excluding hydrogens is 426 g/mol. The Balaban J connectivity index is 1.52. The van der Waals surface area contributed by atoms with E-state index < -0.39 is 23.9 Å². The van der Waals surface area contributed by atoms with Gasteiger partial charge in [-0.1, -0.05) is 6.07 Å². The van der Waals surface area contributed by atoms with Crippen molar-refractivity contribution < 1.29 is 24.6 Å². The van der Waals surface area contributed by atoms with Crippen LogP contribution in [0.25, 0.3) is 10.9 Å². The van der Waals surface area contributed by atoms with Gasteiger partial charge in [0.15, 0.2) is 0 Å². The first-order valence-corrected chi connectivity index (χ1v) is 10.7. The molecule has 4 N–H and O–H groups in total. The Labute approximate surface area is 189 Å². The van der Waals surface area contributed by atoms with Crippen molar-refractivity contribution in [3.8, 4) is 0 Å². The lowest BCUT2D eigenvalue weighted by atomic mass is 10.0. The van der Waals surface area contributed by atoms with Crippen LogP contribution in [-0.4, -0.2) is 69.1 Å². The zero-order valence-corrected chi connectivity index (χ0v) is 17.9. The Hall–Kier alpha value is -3.92. The van der Waals surface area contributed by atoms with Crippen molar-refractivity contribution in [3.63, 3.8) is 0 Å². The number of benzene rings is 1. The second-order valence-electron chi connectivity index (χ2n) is 7.90. The van der Waals surface area contributed by atoms with E-state index in [1.54, 1.807) is 30.6 Å². The summed E-state index contributed by atoms with van der Waals surface area (Å²) in [6.07, 6.45) is 3.05. The van der Waals surface area contributed by atoms with E-state index in [1.165, 1.54) is 0 Å². The minimum atomic E-state index is -1.04. The molecule has 10 nitrogen and oxygen atoms in total. The molecule has 3 heterocycles. The predicted octanol–water partition coefficient (Wildman–Crippen LogP) is 2.31. The molecule has 0 radical (unpaired) electrons. The Morgan fingerprint density at radius 1 is 1.06 bits per heavy atom. The molecule has 1 saturated heterocycles. The number of aromatic nitrogens is 2. The van der Waals surface area contributed by atoms with E-state index in [4.69, 9.17) is 5.11 Å². The van der Waals surface area contributed by atoms with E-state index in [-0.39, 0.29) is 12.8 Å². The first-order chi connectivity index (χ1) is 15.9. The monoisotopic (exact) mass is 451 g/mol. The normalized spacial score (nSPS) is 15.3. The molecule has 1 fully saturated rings. The maximum atomic E-state index is 12.3. The molecule has 0 aliphatic carbocycles. The van der Waals surface area contributed by atoms with Gasteiger partial charge in [-0.05, 0) is 30.3 Å². The lowest BCUT2D eigenvalue weighted by Crippen LogP contribution is -2.49. The van der Waals surface area contributed by atoms with Crippen molar-refractivity contribution in [2.75, 3.05) is 36.4 Å². The standard InChI is InChI=1S/C23H25N5O5/c29-20(6-7-21(30)31)26-15-4-5-18-16(13-15)17(14-25-18)22(23(32)33)28-11-9-27(10-12-28)19-3-1-2-8-24-19/h1-5,8,13-14,22,25H,6-7,9-12H2,(H,26,29)(H,30,31)(H,32,33)/t22-/m1/s1. The van der Waals surface area contributed by atoms with Crippen molar-refractivity contribution in [3.05, 3.63) is 54.4 Å². The molecule has 10 heteroatoms. The smallest absolute Gasteiger partial charge is 0.325 e. The number of carboxylic acids is 2. The summed E-state index contributed by atoms with van der Waals surface area (Å²) in [6.45, 7) is 2.44. The summed E-state index contributed by atoms with van der Waals surface area (Å²) in [5, 5.41) is 22.2. The second kappa shape index (κ2) is 9.70. The lowest BCUT2D eigenvalue weighted by molar-refractivity contribution is -0.143. The molecule has 1 amide bonds. The number of hydrogen-bond acceptors (Lipinski definition) is 6. The van der Waals surface area contributed by atoms with Crippen LogP contribution in [0.1, 0.15) is 24.4 Å². The van der Waals surface area contributed by atoms with E-state index in [0.29, 0.717) is 42.8 Å². The maximum Gasteiger partial charge on any atom is 0.325 e. The SMILES string of the molecule is O=C(O)CCC(=O)Nc1ccc2[nH]cc([C@H](C(=O)O)N3CCN(c4ccccn4)CC3)c2c1. The van der Waals surface area contributed by atoms with E-state index in [9.17, 15) is 19.5 Å². The molecule has 1 aliphatic heterocycles. The van der Waals surface area contributed by atoms with Gasteiger partial charge in [0.25, 0.3) is 0 Å².